The van der Waals surface area contributed by atoms with Gasteiger partial charge in [0.25, 0.3) is 0 Å². The minimum absolute atomic E-state index is 0.170. The molecule has 1 N–H and O–H groups in total. The number of rotatable bonds is 8. The van der Waals surface area contributed by atoms with E-state index in [2.05, 4.69) is 72.7 Å². The molecule has 0 fully saturated rings. The highest BCUT2D eigenvalue weighted by Crippen LogP contribution is 2.36. The Balaban J connectivity index is 2.15. The number of hydrogen-bond donors (Lipinski definition) is 1. The van der Waals surface area contributed by atoms with Gasteiger partial charge in [-0.15, -0.1) is 0 Å². The number of fused-ring (bicyclic) bond motifs is 1. The molecule has 0 aliphatic heterocycles. The molecule has 3 aromatic rings. The van der Waals surface area contributed by atoms with Crippen molar-refractivity contribution in [3.63, 3.8) is 0 Å². The summed E-state index contributed by atoms with van der Waals surface area (Å²) in [6, 6.07) is 17.1. The zero-order valence-electron chi connectivity index (χ0n) is 16.8. The largest absolute Gasteiger partial charge is 0.497 e. The van der Waals surface area contributed by atoms with E-state index in [1.807, 2.05) is 6.07 Å². The first-order valence-corrected chi connectivity index (χ1v) is 9.66. The van der Waals surface area contributed by atoms with Crippen LogP contribution >= 0.6 is 0 Å². The number of aliphatic hydroxyl groups is 1. The normalized spacial score (nSPS) is 12.7. The zero-order chi connectivity index (χ0) is 19.4. The van der Waals surface area contributed by atoms with Crippen LogP contribution in [0.1, 0.15) is 36.7 Å². The summed E-state index contributed by atoms with van der Waals surface area (Å²) in [5.41, 5.74) is 5.09. The average Bonchev–Trinajstić information content (AvgIpc) is 2.97. The van der Waals surface area contributed by atoms with Crippen molar-refractivity contribution in [2.45, 2.75) is 33.4 Å². The van der Waals surface area contributed by atoms with Crippen molar-refractivity contribution in [3.8, 4) is 5.75 Å². The number of ether oxygens (including phenoxy) is 1. The van der Waals surface area contributed by atoms with Gasteiger partial charge in [0.2, 0.25) is 0 Å². The molecule has 27 heavy (non-hydrogen) atoms. The second kappa shape index (κ2) is 8.59. The Morgan fingerprint density at radius 1 is 1.15 bits per heavy atom. The standard InChI is InChI=1S/C23H30N2O2/c1-5-24(13-14-26)17(2)23-18(3)25(16-19-9-7-6-8-10-19)22-12-11-20(27-4)15-21(22)23/h6-12,15,17,26H,5,13-14,16H2,1-4H3. The fourth-order valence-corrected chi connectivity index (χ4v) is 4.05. The average molecular weight is 367 g/mol. The predicted octanol–water partition coefficient (Wildman–Crippen LogP) is 4.38. The third-order valence-corrected chi connectivity index (χ3v) is 5.52. The second-order valence-electron chi connectivity index (χ2n) is 6.98. The van der Waals surface area contributed by atoms with Crippen LogP contribution in [0.2, 0.25) is 0 Å². The Morgan fingerprint density at radius 2 is 1.89 bits per heavy atom. The quantitative estimate of drug-likeness (QED) is 0.643. The van der Waals surface area contributed by atoms with Crippen LogP contribution in [0.15, 0.2) is 48.5 Å². The van der Waals surface area contributed by atoms with Gasteiger partial charge >= 0.3 is 0 Å². The van der Waals surface area contributed by atoms with Crippen molar-refractivity contribution in [3.05, 3.63) is 65.4 Å². The van der Waals surface area contributed by atoms with Crippen LogP contribution in [0.25, 0.3) is 10.9 Å². The van der Waals surface area contributed by atoms with Gasteiger partial charge < -0.3 is 14.4 Å². The van der Waals surface area contributed by atoms with Crippen molar-refractivity contribution >= 4 is 10.9 Å². The van der Waals surface area contributed by atoms with E-state index in [-0.39, 0.29) is 12.6 Å². The van der Waals surface area contributed by atoms with Crippen molar-refractivity contribution in [1.29, 1.82) is 0 Å². The van der Waals surface area contributed by atoms with Gasteiger partial charge in [-0.2, -0.15) is 0 Å². The molecule has 1 heterocycles. The SMILES string of the molecule is CCN(CCO)C(C)c1c(C)n(Cc2ccccc2)c2ccc(OC)cc12. The molecule has 0 aliphatic rings. The van der Waals surface area contributed by atoms with Crippen molar-refractivity contribution < 1.29 is 9.84 Å². The maximum atomic E-state index is 9.46. The maximum Gasteiger partial charge on any atom is 0.119 e. The molecule has 1 unspecified atom stereocenters. The van der Waals surface area contributed by atoms with E-state index in [0.717, 1.165) is 18.8 Å². The van der Waals surface area contributed by atoms with E-state index in [9.17, 15) is 5.11 Å². The van der Waals surface area contributed by atoms with Crippen LogP contribution in [-0.2, 0) is 6.54 Å². The fourth-order valence-electron chi connectivity index (χ4n) is 4.05. The van der Waals surface area contributed by atoms with Crippen molar-refractivity contribution in [2.75, 3.05) is 26.8 Å². The highest BCUT2D eigenvalue weighted by atomic mass is 16.5. The Kier molecular flexibility index (Phi) is 6.19. The summed E-state index contributed by atoms with van der Waals surface area (Å²) >= 11 is 0. The van der Waals surface area contributed by atoms with E-state index in [0.29, 0.717) is 6.54 Å². The molecule has 1 atom stereocenters. The van der Waals surface area contributed by atoms with Gasteiger partial charge in [0.1, 0.15) is 5.75 Å². The summed E-state index contributed by atoms with van der Waals surface area (Å²) in [6.07, 6.45) is 0. The van der Waals surface area contributed by atoms with E-state index in [1.54, 1.807) is 7.11 Å². The van der Waals surface area contributed by atoms with Crippen molar-refractivity contribution in [1.82, 2.24) is 9.47 Å². The van der Waals surface area contributed by atoms with Gasteiger partial charge in [-0.05, 0) is 49.7 Å². The van der Waals surface area contributed by atoms with Gasteiger partial charge in [-0.1, -0.05) is 37.3 Å². The molecule has 0 radical (unpaired) electrons. The smallest absolute Gasteiger partial charge is 0.119 e. The van der Waals surface area contributed by atoms with E-state index >= 15 is 0 Å². The molecule has 1 aromatic heterocycles. The summed E-state index contributed by atoms with van der Waals surface area (Å²) in [5, 5.41) is 10.7. The number of aliphatic hydroxyl groups excluding tert-OH is 1. The molecule has 2 aromatic carbocycles. The van der Waals surface area contributed by atoms with Crippen LogP contribution < -0.4 is 4.74 Å². The van der Waals surface area contributed by atoms with Gasteiger partial charge in [0.15, 0.2) is 0 Å². The van der Waals surface area contributed by atoms with Crippen LogP contribution in [0.3, 0.4) is 0 Å². The Morgan fingerprint density at radius 3 is 2.52 bits per heavy atom. The Labute approximate surface area is 162 Å². The lowest BCUT2D eigenvalue weighted by Gasteiger charge is -2.28. The van der Waals surface area contributed by atoms with Gasteiger partial charge in [-0.25, -0.2) is 0 Å². The summed E-state index contributed by atoms with van der Waals surface area (Å²) in [4.78, 5) is 2.31. The van der Waals surface area contributed by atoms with E-state index in [4.69, 9.17) is 4.74 Å². The first-order valence-electron chi connectivity index (χ1n) is 9.66. The highest BCUT2D eigenvalue weighted by molar-refractivity contribution is 5.87. The molecule has 0 bridgehead atoms. The number of nitrogens with zero attached hydrogens (tertiary/aromatic N) is 2. The van der Waals surface area contributed by atoms with Crippen molar-refractivity contribution in [2.24, 2.45) is 0 Å². The summed E-state index contributed by atoms with van der Waals surface area (Å²) in [5.74, 6) is 0.873. The second-order valence-corrected chi connectivity index (χ2v) is 6.98. The van der Waals surface area contributed by atoms with Crippen LogP contribution in [0.5, 0.6) is 5.75 Å². The van der Waals surface area contributed by atoms with Crippen LogP contribution in [0.4, 0.5) is 0 Å². The van der Waals surface area contributed by atoms with Gasteiger partial charge in [-0.3, -0.25) is 4.90 Å². The molecule has 0 spiro atoms. The minimum atomic E-state index is 0.170. The Hall–Kier alpha value is -2.30. The first-order chi connectivity index (χ1) is 13.1. The van der Waals surface area contributed by atoms with Gasteiger partial charge in [0.05, 0.1) is 13.7 Å². The lowest BCUT2D eigenvalue weighted by Crippen LogP contribution is -2.30. The molecule has 144 valence electrons. The van der Waals surface area contributed by atoms with E-state index in [1.165, 1.54) is 27.7 Å². The molecule has 4 nitrogen and oxygen atoms in total. The first kappa shape index (κ1) is 19.5. The molecule has 0 saturated heterocycles. The third kappa shape index (κ3) is 3.87. The maximum absolute atomic E-state index is 9.46. The zero-order valence-corrected chi connectivity index (χ0v) is 16.8. The summed E-state index contributed by atoms with van der Waals surface area (Å²) in [7, 11) is 1.71. The number of methoxy groups -OCH3 is 1. The number of benzene rings is 2. The summed E-state index contributed by atoms with van der Waals surface area (Å²) < 4.78 is 7.89. The lowest BCUT2D eigenvalue weighted by molar-refractivity contribution is 0.165. The lowest BCUT2D eigenvalue weighted by atomic mass is 10.0. The van der Waals surface area contributed by atoms with Crippen LogP contribution in [0, 0.1) is 6.92 Å². The molecular formula is C23H30N2O2. The minimum Gasteiger partial charge on any atom is -0.497 e. The predicted molar refractivity (Wildman–Crippen MR) is 112 cm³/mol. The number of aromatic nitrogens is 1. The molecule has 0 amide bonds. The molecular weight excluding hydrogens is 336 g/mol. The molecule has 4 heteroatoms. The van der Waals surface area contributed by atoms with Crippen LogP contribution in [-0.4, -0.2) is 41.4 Å². The topological polar surface area (TPSA) is 37.6 Å². The third-order valence-electron chi connectivity index (χ3n) is 5.52. The Bertz CT molecular complexity index is 886. The molecule has 0 aliphatic carbocycles. The highest BCUT2D eigenvalue weighted by Gasteiger charge is 2.23. The monoisotopic (exact) mass is 366 g/mol. The number of likely N-dealkylation sites (N-methyl/N-ethyl adjacent to an activating group) is 1. The number of hydrogen-bond acceptors (Lipinski definition) is 3. The molecule has 3 rings (SSSR count). The summed E-state index contributed by atoms with van der Waals surface area (Å²) in [6.45, 7) is 9.16. The van der Waals surface area contributed by atoms with Gasteiger partial charge in [0, 0.05) is 35.7 Å². The van der Waals surface area contributed by atoms with E-state index < -0.39 is 0 Å². The fraction of sp³-hybridized carbons (Fsp3) is 0.391. The molecule has 0 saturated carbocycles.